The first-order valence-electron chi connectivity index (χ1n) is 6.92. The number of hydrogen-bond donors (Lipinski definition) is 2. The molecule has 0 bridgehead atoms. The molecule has 0 saturated carbocycles. The van der Waals surface area contributed by atoms with Crippen LogP contribution in [0.15, 0.2) is 30.4 Å². The molecule has 3 heteroatoms. The fraction of sp³-hybridized carbons (Fsp3) is 0.438. The lowest BCUT2D eigenvalue weighted by atomic mass is 9.94. The van der Waals surface area contributed by atoms with Gasteiger partial charge in [-0.2, -0.15) is 0 Å². The number of benzene rings is 1. The Hall–Kier alpha value is -1.77. The van der Waals surface area contributed by atoms with Crippen molar-refractivity contribution in [3.63, 3.8) is 0 Å². The molecule has 102 valence electrons. The average molecular weight is 258 g/mol. The van der Waals surface area contributed by atoms with Crippen LogP contribution >= 0.6 is 0 Å². The van der Waals surface area contributed by atoms with Crippen LogP contribution in [-0.4, -0.2) is 19.5 Å². The van der Waals surface area contributed by atoms with Crippen molar-refractivity contribution in [1.82, 2.24) is 5.32 Å². The maximum Gasteiger partial charge on any atom is 0.251 e. The Kier molecular flexibility index (Phi) is 4.61. The molecule has 0 fully saturated rings. The van der Waals surface area contributed by atoms with Crippen LogP contribution in [0.4, 0.5) is 5.69 Å². The van der Waals surface area contributed by atoms with Crippen molar-refractivity contribution in [1.29, 1.82) is 0 Å². The molecule has 0 heterocycles. The quantitative estimate of drug-likeness (QED) is 0.815. The summed E-state index contributed by atoms with van der Waals surface area (Å²) in [5.41, 5.74) is 2.96. The third kappa shape index (κ3) is 3.60. The summed E-state index contributed by atoms with van der Waals surface area (Å²) >= 11 is 0. The van der Waals surface area contributed by atoms with E-state index in [9.17, 15) is 4.79 Å². The molecule has 3 nitrogen and oxygen atoms in total. The molecule has 0 spiro atoms. The Morgan fingerprint density at radius 2 is 2.21 bits per heavy atom. The van der Waals surface area contributed by atoms with E-state index in [1.165, 1.54) is 19.3 Å². The highest BCUT2D eigenvalue weighted by Crippen LogP contribution is 2.21. The van der Waals surface area contributed by atoms with Gasteiger partial charge in [0, 0.05) is 24.8 Å². The van der Waals surface area contributed by atoms with Crippen molar-refractivity contribution in [2.24, 2.45) is 5.92 Å². The van der Waals surface area contributed by atoms with Gasteiger partial charge in [0.05, 0.1) is 0 Å². The van der Waals surface area contributed by atoms with Gasteiger partial charge in [0.25, 0.3) is 5.91 Å². The Balaban J connectivity index is 1.97. The molecule has 1 amide bonds. The maximum atomic E-state index is 11.5. The van der Waals surface area contributed by atoms with Crippen LogP contribution in [0.3, 0.4) is 0 Å². The van der Waals surface area contributed by atoms with Gasteiger partial charge < -0.3 is 10.6 Å². The number of nitrogens with one attached hydrogen (secondary N) is 2. The second-order valence-electron chi connectivity index (χ2n) is 5.14. The van der Waals surface area contributed by atoms with Crippen LogP contribution < -0.4 is 10.6 Å². The first kappa shape index (κ1) is 13.7. The van der Waals surface area contributed by atoms with Gasteiger partial charge >= 0.3 is 0 Å². The monoisotopic (exact) mass is 258 g/mol. The van der Waals surface area contributed by atoms with Gasteiger partial charge in [-0.25, -0.2) is 0 Å². The summed E-state index contributed by atoms with van der Waals surface area (Å²) in [6, 6.07) is 5.80. The molecule has 1 unspecified atom stereocenters. The topological polar surface area (TPSA) is 41.1 Å². The molecule has 2 N–H and O–H groups in total. The normalized spacial score (nSPS) is 18.1. The molecular weight excluding hydrogens is 236 g/mol. The molecule has 1 aromatic carbocycles. The summed E-state index contributed by atoms with van der Waals surface area (Å²) in [5.74, 6) is 0.690. The van der Waals surface area contributed by atoms with Gasteiger partial charge in [0.2, 0.25) is 0 Å². The molecular formula is C16H22N2O. The molecule has 1 aromatic rings. The smallest absolute Gasteiger partial charge is 0.251 e. The van der Waals surface area contributed by atoms with Crippen LogP contribution in [0.1, 0.15) is 35.2 Å². The van der Waals surface area contributed by atoms with E-state index in [1.807, 2.05) is 25.1 Å². The lowest BCUT2D eigenvalue weighted by Gasteiger charge is -2.19. The summed E-state index contributed by atoms with van der Waals surface area (Å²) in [7, 11) is 1.65. The number of carbonyl (C=O) groups excluding carboxylic acids is 1. The summed E-state index contributed by atoms with van der Waals surface area (Å²) in [5, 5.41) is 6.15. The van der Waals surface area contributed by atoms with Crippen molar-refractivity contribution < 1.29 is 4.79 Å². The van der Waals surface area contributed by atoms with Gasteiger partial charge in [0.1, 0.15) is 0 Å². The van der Waals surface area contributed by atoms with Crippen molar-refractivity contribution in [2.45, 2.75) is 26.2 Å². The molecule has 1 atom stereocenters. The zero-order chi connectivity index (χ0) is 13.7. The Morgan fingerprint density at radius 1 is 1.37 bits per heavy atom. The minimum Gasteiger partial charge on any atom is -0.385 e. The van der Waals surface area contributed by atoms with E-state index in [0.29, 0.717) is 5.56 Å². The summed E-state index contributed by atoms with van der Waals surface area (Å²) in [4.78, 5) is 11.5. The molecule has 0 aromatic heterocycles. The minimum atomic E-state index is -0.0351. The lowest BCUT2D eigenvalue weighted by molar-refractivity contribution is 0.0963. The molecule has 1 aliphatic carbocycles. The number of rotatable bonds is 4. The van der Waals surface area contributed by atoms with E-state index >= 15 is 0 Å². The lowest BCUT2D eigenvalue weighted by Crippen LogP contribution is -2.18. The van der Waals surface area contributed by atoms with E-state index in [2.05, 4.69) is 22.8 Å². The number of aryl methyl sites for hydroxylation is 1. The fourth-order valence-electron chi connectivity index (χ4n) is 2.44. The van der Waals surface area contributed by atoms with Crippen LogP contribution in [0.2, 0.25) is 0 Å². The third-order valence-corrected chi connectivity index (χ3v) is 3.67. The Bertz CT molecular complexity index is 480. The number of allylic oxidation sites excluding steroid dienone is 2. The second-order valence-corrected chi connectivity index (χ2v) is 5.14. The second kappa shape index (κ2) is 6.41. The Labute approximate surface area is 115 Å². The number of anilines is 1. The number of hydrogen-bond acceptors (Lipinski definition) is 2. The third-order valence-electron chi connectivity index (χ3n) is 3.67. The highest BCUT2D eigenvalue weighted by Gasteiger charge is 2.10. The largest absolute Gasteiger partial charge is 0.385 e. The van der Waals surface area contributed by atoms with E-state index in [4.69, 9.17) is 0 Å². The highest BCUT2D eigenvalue weighted by atomic mass is 16.1. The molecule has 0 aliphatic heterocycles. The van der Waals surface area contributed by atoms with Crippen molar-refractivity contribution in [2.75, 3.05) is 18.9 Å². The predicted molar refractivity (Wildman–Crippen MR) is 79.5 cm³/mol. The predicted octanol–water partition coefficient (Wildman–Crippen LogP) is 3.12. The minimum absolute atomic E-state index is 0.0351. The highest BCUT2D eigenvalue weighted by molar-refractivity contribution is 5.94. The van der Waals surface area contributed by atoms with Crippen molar-refractivity contribution >= 4 is 11.6 Å². The maximum absolute atomic E-state index is 11.5. The van der Waals surface area contributed by atoms with Crippen LogP contribution in [0.25, 0.3) is 0 Å². The zero-order valence-corrected chi connectivity index (χ0v) is 11.7. The molecule has 2 rings (SSSR count). The Morgan fingerprint density at radius 3 is 2.84 bits per heavy atom. The first-order chi connectivity index (χ1) is 9.20. The van der Waals surface area contributed by atoms with Gasteiger partial charge in [-0.1, -0.05) is 12.2 Å². The average Bonchev–Trinajstić information content (AvgIpc) is 2.46. The van der Waals surface area contributed by atoms with E-state index in [0.717, 1.165) is 23.7 Å². The SMILES string of the molecule is CNC(=O)c1ccc(NCC2CC=CCC2)c(C)c1. The van der Waals surface area contributed by atoms with E-state index in [-0.39, 0.29) is 5.91 Å². The first-order valence-corrected chi connectivity index (χ1v) is 6.92. The van der Waals surface area contributed by atoms with Gasteiger partial charge in [-0.3, -0.25) is 4.79 Å². The number of carbonyl (C=O) groups is 1. The van der Waals surface area contributed by atoms with Gasteiger partial charge in [-0.05, 0) is 55.9 Å². The number of amides is 1. The van der Waals surface area contributed by atoms with Gasteiger partial charge in [0.15, 0.2) is 0 Å². The zero-order valence-electron chi connectivity index (χ0n) is 11.7. The van der Waals surface area contributed by atoms with E-state index < -0.39 is 0 Å². The summed E-state index contributed by atoms with van der Waals surface area (Å²) < 4.78 is 0. The standard InChI is InChI=1S/C16H22N2O/c1-12-10-14(16(19)17-2)8-9-15(12)18-11-13-6-4-3-5-7-13/h3-4,8-10,13,18H,5-7,11H2,1-2H3,(H,17,19). The molecule has 1 aliphatic rings. The van der Waals surface area contributed by atoms with Crippen molar-refractivity contribution in [3.8, 4) is 0 Å². The molecule has 0 saturated heterocycles. The summed E-state index contributed by atoms with van der Waals surface area (Å²) in [6.07, 6.45) is 8.17. The molecule has 0 radical (unpaired) electrons. The van der Waals surface area contributed by atoms with Gasteiger partial charge in [-0.15, -0.1) is 0 Å². The van der Waals surface area contributed by atoms with Crippen LogP contribution in [0, 0.1) is 12.8 Å². The van der Waals surface area contributed by atoms with Crippen molar-refractivity contribution in [3.05, 3.63) is 41.5 Å². The summed E-state index contributed by atoms with van der Waals surface area (Å²) in [6.45, 7) is 3.04. The van der Waals surface area contributed by atoms with E-state index in [1.54, 1.807) is 7.05 Å². The molecule has 19 heavy (non-hydrogen) atoms. The van der Waals surface area contributed by atoms with Crippen LogP contribution in [-0.2, 0) is 0 Å². The van der Waals surface area contributed by atoms with Crippen LogP contribution in [0.5, 0.6) is 0 Å². The fourth-order valence-corrected chi connectivity index (χ4v) is 2.44.